The van der Waals surface area contributed by atoms with Crippen molar-refractivity contribution in [3.63, 3.8) is 0 Å². The summed E-state index contributed by atoms with van der Waals surface area (Å²) >= 11 is 0. The van der Waals surface area contributed by atoms with E-state index in [9.17, 15) is 14.9 Å². The lowest BCUT2D eigenvalue weighted by Gasteiger charge is -2.28. The third-order valence-electron chi connectivity index (χ3n) is 5.57. The number of carbonyl (C=O) groups excluding carboxylic acids is 1. The zero-order valence-corrected chi connectivity index (χ0v) is 14.4. The normalized spacial score (nSPS) is 25.3. The van der Waals surface area contributed by atoms with E-state index in [1.165, 1.54) is 42.6 Å². The molecule has 0 aliphatic heterocycles. The second kappa shape index (κ2) is 6.50. The lowest BCUT2D eigenvalue weighted by molar-refractivity contribution is -0.389. The molecule has 2 aliphatic carbocycles. The van der Waals surface area contributed by atoms with Crippen molar-refractivity contribution in [3.05, 3.63) is 34.1 Å². The molecule has 4 rings (SSSR count). The van der Waals surface area contributed by atoms with Crippen molar-refractivity contribution in [1.82, 2.24) is 25.2 Å². The summed E-state index contributed by atoms with van der Waals surface area (Å²) in [7, 11) is 0. The van der Waals surface area contributed by atoms with E-state index in [2.05, 4.69) is 20.6 Å². The number of hydrogen-bond donors (Lipinski definition) is 1. The van der Waals surface area contributed by atoms with Crippen molar-refractivity contribution in [1.29, 1.82) is 0 Å². The van der Waals surface area contributed by atoms with Crippen molar-refractivity contribution in [3.8, 4) is 0 Å². The van der Waals surface area contributed by atoms with Crippen molar-refractivity contribution in [2.75, 3.05) is 0 Å². The number of aromatic nitrogens is 4. The SMILES string of the molecule is C[C@@H](NC(=O)c1nc(Cn2ccc([N+](=O)[O-])n2)no1)[C@@H]1C[C@@H]2CC[C@@H]1C2. The average molecular weight is 360 g/mol. The Labute approximate surface area is 149 Å². The van der Waals surface area contributed by atoms with Crippen molar-refractivity contribution in [2.45, 2.75) is 45.2 Å². The molecule has 0 unspecified atom stereocenters. The molecule has 2 aromatic rings. The first kappa shape index (κ1) is 16.7. The van der Waals surface area contributed by atoms with Gasteiger partial charge < -0.3 is 20.0 Å². The van der Waals surface area contributed by atoms with Gasteiger partial charge in [0, 0.05) is 6.04 Å². The van der Waals surface area contributed by atoms with Crippen LogP contribution in [-0.2, 0) is 6.54 Å². The largest absolute Gasteiger partial charge is 0.389 e. The van der Waals surface area contributed by atoms with E-state index in [0.717, 1.165) is 5.92 Å². The quantitative estimate of drug-likeness (QED) is 0.614. The lowest BCUT2D eigenvalue weighted by Crippen LogP contribution is -2.40. The van der Waals surface area contributed by atoms with Crippen molar-refractivity contribution >= 4 is 11.7 Å². The van der Waals surface area contributed by atoms with Crippen molar-refractivity contribution < 1.29 is 14.2 Å². The minimum Gasteiger partial charge on any atom is -0.358 e. The van der Waals surface area contributed by atoms with Crippen LogP contribution < -0.4 is 5.32 Å². The van der Waals surface area contributed by atoms with Crippen LogP contribution in [0.5, 0.6) is 0 Å². The topological polar surface area (TPSA) is 129 Å². The Morgan fingerprint density at radius 1 is 1.50 bits per heavy atom. The van der Waals surface area contributed by atoms with E-state index in [0.29, 0.717) is 11.8 Å². The molecular formula is C16H20N6O4. The fourth-order valence-corrected chi connectivity index (χ4v) is 4.37. The first-order valence-corrected chi connectivity index (χ1v) is 8.81. The highest BCUT2D eigenvalue weighted by atomic mass is 16.6. The van der Waals surface area contributed by atoms with Gasteiger partial charge in [-0.2, -0.15) is 9.67 Å². The maximum atomic E-state index is 12.4. The third kappa shape index (κ3) is 3.18. The Bertz CT molecular complexity index is 830. The lowest BCUT2D eigenvalue weighted by atomic mass is 9.84. The molecule has 10 heteroatoms. The number of hydrogen-bond acceptors (Lipinski definition) is 7. The summed E-state index contributed by atoms with van der Waals surface area (Å²) in [4.78, 5) is 26.5. The summed E-state index contributed by atoms with van der Waals surface area (Å²) in [6.07, 6.45) is 6.49. The molecule has 2 saturated carbocycles. The van der Waals surface area contributed by atoms with Gasteiger partial charge in [-0.15, -0.1) is 0 Å². The molecule has 10 nitrogen and oxygen atoms in total. The van der Waals surface area contributed by atoms with Gasteiger partial charge in [-0.05, 0) is 48.9 Å². The molecule has 1 amide bonds. The van der Waals surface area contributed by atoms with E-state index in [1.807, 2.05) is 6.92 Å². The number of amides is 1. The van der Waals surface area contributed by atoms with Crippen LogP contribution >= 0.6 is 0 Å². The van der Waals surface area contributed by atoms with E-state index < -0.39 is 4.92 Å². The predicted octanol–water partition coefficient (Wildman–Crippen LogP) is 1.78. The molecule has 138 valence electrons. The predicted molar refractivity (Wildman–Crippen MR) is 88.1 cm³/mol. The number of carbonyl (C=O) groups is 1. The molecule has 2 heterocycles. The summed E-state index contributed by atoms with van der Waals surface area (Å²) in [6.45, 7) is 2.12. The van der Waals surface area contributed by atoms with Crippen LogP contribution in [0.4, 0.5) is 5.82 Å². The Balaban J connectivity index is 1.36. The summed E-state index contributed by atoms with van der Waals surface area (Å²) in [5.74, 6) is 1.54. The maximum Gasteiger partial charge on any atom is 0.389 e. The first-order valence-electron chi connectivity index (χ1n) is 8.81. The Morgan fingerprint density at radius 3 is 3.00 bits per heavy atom. The van der Waals surface area contributed by atoms with Crippen molar-refractivity contribution in [2.24, 2.45) is 17.8 Å². The van der Waals surface area contributed by atoms with Crippen LogP contribution in [0.3, 0.4) is 0 Å². The second-order valence-corrected chi connectivity index (χ2v) is 7.25. The van der Waals surface area contributed by atoms with Crippen LogP contribution in [0, 0.1) is 27.9 Å². The number of nitro groups is 1. The zero-order valence-electron chi connectivity index (χ0n) is 14.4. The van der Waals surface area contributed by atoms with Crippen LogP contribution in [-0.4, -0.2) is 36.8 Å². The number of nitrogens with one attached hydrogen (secondary N) is 1. The number of nitrogens with zero attached hydrogens (tertiary/aromatic N) is 5. The molecule has 2 aromatic heterocycles. The van der Waals surface area contributed by atoms with Crippen LogP contribution in [0.1, 0.15) is 49.1 Å². The molecule has 4 atom stereocenters. The summed E-state index contributed by atoms with van der Waals surface area (Å²) in [5.41, 5.74) is 0. The number of rotatable bonds is 6. The smallest absolute Gasteiger partial charge is 0.358 e. The molecule has 0 saturated heterocycles. The molecule has 1 N–H and O–H groups in total. The fraction of sp³-hybridized carbons (Fsp3) is 0.625. The minimum absolute atomic E-state index is 0.0712. The Kier molecular flexibility index (Phi) is 4.17. The Hall–Kier alpha value is -2.78. The highest BCUT2D eigenvalue weighted by molar-refractivity contribution is 5.89. The van der Waals surface area contributed by atoms with E-state index in [4.69, 9.17) is 4.52 Å². The molecule has 0 radical (unpaired) electrons. The summed E-state index contributed by atoms with van der Waals surface area (Å²) < 4.78 is 6.35. The standard InChI is InChI=1S/C16H20N6O4/c1-9(12-7-10-2-3-11(12)6-10)17-15(23)16-18-13(20-26-16)8-21-5-4-14(19-21)22(24)25/h4-5,9-12H,2-3,6-8H2,1H3,(H,17,23)/t9-,10-,11-,12+/m1/s1. The van der Waals surface area contributed by atoms with Gasteiger partial charge in [0.2, 0.25) is 0 Å². The molecular weight excluding hydrogens is 340 g/mol. The second-order valence-electron chi connectivity index (χ2n) is 7.25. The van der Waals surface area contributed by atoms with Gasteiger partial charge in [-0.25, -0.2) is 0 Å². The van der Waals surface area contributed by atoms with Gasteiger partial charge in [-0.1, -0.05) is 11.6 Å². The highest BCUT2D eigenvalue weighted by Crippen LogP contribution is 2.49. The molecule has 2 aliphatic rings. The molecule has 2 fully saturated rings. The van der Waals surface area contributed by atoms with Gasteiger partial charge >= 0.3 is 17.6 Å². The summed E-state index contributed by atoms with van der Waals surface area (Å²) in [5, 5.41) is 21.1. The fourth-order valence-electron chi connectivity index (χ4n) is 4.37. The molecule has 0 aromatic carbocycles. The number of fused-ring (bicyclic) bond motifs is 2. The third-order valence-corrected chi connectivity index (χ3v) is 5.57. The molecule has 2 bridgehead atoms. The molecule has 26 heavy (non-hydrogen) atoms. The van der Waals surface area contributed by atoms with E-state index in [1.54, 1.807) is 0 Å². The van der Waals surface area contributed by atoms with Crippen LogP contribution in [0.25, 0.3) is 0 Å². The zero-order chi connectivity index (χ0) is 18.3. The molecule has 0 spiro atoms. The highest BCUT2D eigenvalue weighted by Gasteiger charge is 2.42. The first-order chi connectivity index (χ1) is 12.5. The van der Waals surface area contributed by atoms with Gasteiger partial charge in [0.25, 0.3) is 0 Å². The van der Waals surface area contributed by atoms with Gasteiger partial charge in [0.15, 0.2) is 5.82 Å². The minimum atomic E-state index is -0.581. The maximum absolute atomic E-state index is 12.4. The monoisotopic (exact) mass is 360 g/mol. The average Bonchev–Trinajstić information content (AvgIpc) is 3.39. The van der Waals surface area contributed by atoms with Gasteiger partial charge in [0.1, 0.15) is 6.54 Å². The van der Waals surface area contributed by atoms with E-state index >= 15 is 0 Å². The van der Waals surface area contributed by atoms with E-state index in [-0.39, 0.29) is 36.0 Å². The summed E-state index contributed by atoms with van der Waals surface area (Å²) in [6, 6.07) is 1.35. The van der Waals surface area contributed by atoms with Crippen LogP contribution in [0.2, 0.25) is 0 Å². The van der Waals surface area contributed by atoms with Gasteiger partial charge in [0.05, 0.1) is 17.4 Å². The Morgan fingerprint density at radius 2 is 2.35 bits per heavy atom. The van der Waals surface area contributed by atoms with Gasteiger partial charge in [-0.3, -0.25) is 4.79 Å². The van der Waals surface area contributed by atoms with Crippen LogP contribution in [0.15, 0.2) is 16.8 Å².